The van der Waals surface area contributed by atoms with Gasteiger partial charge in [0, 0.05) is 33.5 Å². The molecule has 0 bridgehead atoms. The van der Waals surface area contributed by atoms with E-state index in [9.17, 15) is 0 Å². The van der Waals surface area contributed by atoms with Crippen molar-refractivity contribution in [2.75, 3.05) is 4.90 Å². The minimum atomic E-state index is 1.08. The van der Waals surface area contributed by atoms with E-state index in [0.717, 1.165) is 28.3 Å². The van der Waals surface area contributed by atoms with E-state index in [0.29, 0.717) is 0 Å². The van der Waals surface area contributed by atoms with Gasteiger partial charge in [-0.25, -0.2) is 0 Å². The van der Waals surface area contributed by atoms with Crippen LogP contribution in [0.2, 0.25) is 0 Å². The molecule has 12 aromatic rings. The zero-order valence-electron chi connectivity index (χ0n) is 35.1. The van der Waals surface area contributed by atoms with E-state index >= 15 is 0 Å². The largest absolute Gasteiger partial charge is 0.310 e. The highest BCUT2D eigenvalue weighted by Crippen LogP contribution is 2.47. The van der Waals surface area contributed by atoms with Crippen LogP contribution < -0.4 is 4.90 Å². The second-order valence-electron chi connectivity index (χ2n) is 16.5. The lowest BCUT2D eigenvalue weighted by Crippen LogP contribution is -2.10. The van der Waals surface area contributed by atoms with Gasteiger partial charge in [0.05, 0.1) is 11.0 Å². The zero-order chi connectivity index (χ0) is 42.4. The van der Waals surface area contributed by atoms with Crippen molar-refractivity contribution >= 4 is 60.4 Å². The Morgan fingerprint density at radius 2 is 0.703 bits per heavy atom. The molecule has 0 N–H and O–H groups in total. The van der Waals surface area contributed by atoms with Crippen LogP contribution in [0.1, 0.15) is 0 Å². The minimum absolute atomic E-state index is 1.08. The number of fused-ring (bicyclic) bond motifs is 6. The summed E-state index contributed by atoms with van der Waals surface area (Å²) in [5.41, 5.74) is 16.4. The summed E-state index contributed by atoms with van der Waals surface area (Å²) in [6, 6.07) is 92.7. The number of rotatable bonds is 8. The molecule has 2 heteroatoms. The normalized spacial score (nSPS) is 11.4. The van der Waals surface area contributed by atoms with Crippen molar-refractivity contribution in [1.29, 1.82) is 0 Å². The number of anilines is 3. The number of para-hydroxylation sites is 2. The molecule has 300 valence electrons. The van der Waals surface area contributed by atoms with E-state index in [4.69, 9.17) is 0 Å². The molecule has 12 rings (SSSR count). The van der Waals surface area contributed by atoms with Crippen molar-refractivity contribution in [3.8, 4) is 50.2 Å². The molecule has 0 unspecified atom stereocenters. The SMILES string of the molecule is c1ccc(-c2ccc(N(c3cccc(-c4ccc5c(c4)c4ccccc4n5-c4ccccc4)c3)c3ccc4c(c3)c(-c3ccccc3)c(-c3ccccc3)c3ccccc34)cc2)cc1. The van der Waals surface area contributed by atoms with Crippen LogP contribution in [0.4, 0.5) is 17.1 Å². The summed E-state index contributed by atoms with van der Waals surface area (Å²) in [5, 5.41) is 7.41. The standard InChI is InChI=1S/C62H42N2/c1-5-18-43(19-6-1)44-32-35-50(36-33-44)63(51-27-17-24-47(40-51)48-34-39-60-57(41-48)55-29-15-16-31-59(55)64(60)49-25-11-4-12-26-49)52-37-38-54-53-28-13-14-30-56(53)61(45-20-7-2-8-21-45)62(58(54)42-52)46-22-9-3-10-23-46/h1-42H. The highest BCUT2D eigenvalue weighted by atomic mass is 15.1. The van der Waals surface area contributed by atoms with Gasteiger partial charge in [-0.1, -0.05) is 188 Å². The lowest BCUT2D eigenvalue weighted by molar-refractivity contribution is 1.18. The molecular weight excluding hydrogens is 773 g/mol. The van der Waals surface area contributed by atoms with Crippen LogP contribution >= 0.6 is 0 Å². The highest BCUT2D eigenvalue weighted by molar-refractivity contribution is 6.22. The number of hydrogen-bond donors (Lipinski definition) is 0. The van der Waals surface area contributed by atoms with Crippen molar-refractivity contribution in [2.24, 2.45) is 0 Å². The first-order valence-electron chi connectivity index (χ1n) is 22.0. The number of benzene rings is 11. The van der Waals surface area contributed by atoms with Crippen LogP contribution in [-0.4, -0.2) is 4.57 Å². The van der Waals surface area contributed by atoms with Gasteiger partial charge >= 0.3 is 0 Å². The quantitative estimate of drug-likeness (QED) is 0.139. The van der Waals surface area contributed by atoms with Crippen LogP contribution in [0.3, 0.4) is 0 Å². The Morgan fingerprint density at radius 1 is 0.234 bits per heavy atom. The lowest BCUT2D eigenvalue weighted by Gasteiger charge is -2.27. The Bertz CT molecular complexity index is 3630. The van der Waals surface area contributed by atoms with E-state index in [1.165, 1.54) is 82.3 Å². The number of nitrogens with zero attached hydrogens (tertiary/aromatic N) is 2. The predicted molar refractivity (Wildman–Crippen MR) is 272 cm³/mol. The summed E-state index contributed by atoms with van der Waals surface area (Å²) < 4.78 is 2.38. The van der Waals surface area contributed by atoms with Crippen LogP contribution in [0.25, 0.3) is 93.5 Å². The van der Waals surface area contributed by atoms with Gasteiger partial charge in [-0.3, -0.25) is 0 Å². The fourth-order valence-corrected chi connectivity index (χ4v) is 9.84. The van der Waals surface area contributed by atoms with Gasteiger partial charge in [-0.2, -0.15) is 0 Å². The van der Waals surface area contributed by atoms with Gasteiger partial charge in [-0.15, -0.1) is 0 Å². The second-order valence-corrected chi connectivity index (χ2v) is 16.5. The van der Waals surface area contributed by atoms with Gasteiger partial charge in [0.2, 0.25) is 0 Å². The van der Waals surface area contributed by atoms with Crippen molar-refractivity contribution in [3.05, 3.63) is 255 Å². The fraction of sp³-hybridized carbons (Fsp3) is 0. The summed E-state index contributed by atoms with van der Waals surface area (Å²) in [6.07, 6.45) is 0. The van der Waals surface area contributed by atoms with Crippen molar-refractivity contribution in [2.45, 2.75) is 0 Å². The van der Waals surface area contributed by atoms with Crippen molar-refractivity contribution in [3.63, 3.8) is 0 Å². The smallest absolute Gasteiger partial charge is 0.0541 e. The molecule has 1 aromatic heterocycles. The molecule has 0 aliphatic heterocycles. The van der Waals surface area contributed by atoms with Gasteiger partial charge in [-0.05, 0) is 133 Å². The maximum Gasteiger partial charge on any atom is 0.0541 e. The molecule has 0 amide bonds. The molecule has 0 atom stereocenters. The Hall–Kier alpha value is -8.46. The Kier molecular flexibility index (Phi) is 9.20. The molecule has 11 aromatic carbocycles. The maximum atomic E-state index is 2.42. The highest BCUT2D eigenvalue weighted by Gasteiger charge is 2.21. The van der Waals surface area contributed by atoms with E-state index in [2.05, 4.69) is 264 Å². The summed E-state index contributed by atoms with van der Waals surface area (Å²) in [7, 11) is 0. The maximum absolute atomic E-state index is 2.42. The number of hydrogen-bond acceptors (Lipinski definition) is 1. The molecule has 0 spiro atoms. The van der Waals surface area contributed by atoms with E-state index in [1.807, 2.05) is 0 Å². The first-order valence-corrected chi connectivity index (χ1v) is 22.0. The summed E-state index contributed by atoms with van der Waals surface area (Å²) >= 11 is 0. The average Bonchev–Trinajstić information content (AvgIpc) is 3.71. The third kappa shape index (κ3) is 6.44. The minimum Gasteiger partial charge on any atom is -0.310 e. The molecule has 0 radical (unpaired) electrons. The fourth-order valence-electron chi connectivity index (χ4n) is 9.84. The third-order valence-electron chi connectivity index (χ3n) is 12.7. The second kappa shape index (κ2) is 15.8. The molecule has 0 aliphatic rings. The first kappa shape index (κ1) is 37.3. The van der Waals surface area contributed by atoms with E-state index in [1.54, 1.807) is 0 Å². The Labute approximate surface area is 373 Å². The molecule has 0 saturated carbocycles. The topological polar surface area (TPSA) is 8.17 Å². The molecule has 0 saturated heterocycles. The van der Waals surface area contributed by atoms with Gasteiger partial charge in [0.25, 0.3) is 0 Å². The van der Waals surface area contributed by atoms with Gasteiger partial charge in [0.1, 0.15) is 0 Å². The van der Waals surface area contributed by atoms with Gasteiger partial charge in [0.15, 0.2) is 0 Å². The van der Waals surface area contributed by atoms with Crippen LogP contribution in [0.5, 0.6) is 0 Å². The van der Waals surface area contributed by atoms with Crippen LogP contribution in [0.15, 0.2) is 255 Å². The molecule has 1 heterocycles. The summed E-state index contributed by atoms with van der Waals surface area (Å²) in [5.74, 6) is 0. The molecule has 0 aliphatic carbocycles. The molecule has 64 heavy (non-hydrogen) atoms. The van der Waals surface area contributed by atoms with Crippen molar-refractivity contribution < 1.29 is 0 Å². The molecular formula is C62H42N2. The summed E-state index contributed by atoms with van der Waals surface area (Å²) in [4.78, 5) is 2.42. The third-order valence-corrected chi connectivity index (χ3v) is 12.7. The van der Waals surface area contributed by atoms with Crippen molar-refractivity contribution in [1.82, 2.24) is 4.57 Å². The Morgan fingerprint density at radius 3 is 1.41 bits per heavy atom. The molecule has 0 fully saturated rings. The van der Waals surface area contributed by atoms with E-state index in [-0.39, 0.29) is 0 Å². The molecule has 2 nitrogen and oxygen atoms in total. The van der Waals surface area contributed by atoms with Crippen LogP contribution in [0, 0.1) is 0 Å². The lowest BCUT2D eigenvalue weighted by atomic mass is 9.85. The van der Waals surface area contributed by atoms with Gasteiger partial charge < -0.3 is 9.47 Å². The first-order chi connectivity index (χ1) is 31.8. The predicted octanol–water partition coefficient (Wildman–Crippen LogP) is 17.2. The number of aromatic nitrogens is 1. The average molecular weight is 815 g/mol. The zero-order valence-corrected chi connectivity index (χ0v) is 35.1. The monoisotopic (exact) mass is 814 g/mol. The van der Waals surface area contributed by atoms with E-state index < -0.39 is 0 Å². The summed E-state index contributed by atoms with van der Waals surface area (Å²) in [6.45, 7) is 0. The van der Waals surface area contributed by atoms with Crippen LogP contribution in [-0.2, 0) is 0 Å². The Balaban J connectivity index is 1.07.